The minimum Gasteiger partial charge on any atom is -0.497 e. The zero-order valence-corrected chi connectivity index (χ0v) is 10.2. The lowest BCUT2D eigenvalue weighted by atomic mass is 10.0. The number of methoxy groups -OCH3 is 2. The standard InChI is InChI=1S/C12H19FN2O2/c1-16-7-3-4-12(15-14)10-6-5-9(17-2)8-11(10)13/h5-6,8,12,15H,3-4,7,14H2,1-2H3. The molecular weight excluding hydrogens is 223 g/mol. The van der Waals surface area contributed by atoms with Gasteiger partial charge in [-0.05, 0) is 18.9 Å². The molecule has 4 nitrogen and oxygen atoms in total. The van der Waals surface area contributed by atoms with E-state index in [9.17, 15) is 4.39 Å². The first-order chi connectivity index (χ1) is 8.22. The van der Waals surface area contributed by atoms with E-state index >= 15 is 0 Å². The molecule has 96 valence electrons. The molecule has 0 aliphatic heterocycles. The van der Waals surface area contributed by atoms with Crippen molar-refractivity contribution >= 4 is 0 Å². The van der Waals surface area contributed by atoms with Gasteiger partial charge < -0.3 is 9.47 Å². The molecule has 0 heterocycles. The molecule has 1 rings (SSSR count). The molecule has 0 aliphatic carbocycles. The Bertz CT molecular complexity index is 347. The normalized spacial score (nSPS) is 12.5. The third-order valence-corrected chi connectivity index (χ3v) is 2.63. The van der Waals surface area contributed by atoms with E-state index in [2.05, 4.69) is 5.43 Å². The van der Waals surface area contributed by atoms with Crippen LogP contribution in [0.25, 0.3) is 0 Å². The number of halogens is 1. The van der Waals surface area contributed by atoms with E-state index in [4.69, 9.17) is 15.3 Å². The fraction of sp³-hybridized carbons (Fsp3) is 0.500. The van der Waals surface area contributed by atoms with Crippen molar-refractivity contribution in [1.82, 2.24) is 5.43 Å². The molecule has 0 radical (unpaired) electrons. The molecule has 0 aliphatic rings. The molecule has 0 saturated carbocycles. The van der Waals surface area contributed by atoms with E-state index in [1.807, 2.05) is 0 Å². The van der Waals surface area contributed by atoms with Crippen molar-refractivity contribution in [2.24, 2.45) is 5.84 Å². The molecule has 5 heteroatoms. The minimum absolute atomic E-state index is 0.212. The second-order valence-corrected chi connectivity index (χ2v) is 3.74. The summed E-state index contributed by atoms with van der Waals surface area (Å²) in [5.41, 5.74) is 3.16. The van der Waals surface area contributed by atoms with E-state index < -0.39 is 0 Å². The summed E-state index contributed by atoms with van der Waals surface area (Å²) in [6.45, 7) is 0.635. The summed E-state index contributed by atoms with van der Waals surface area (Å²) in [4.78, 5) is 0. The molecule has 0 spiro atoms. The third-order valence-electron chi connectivity index (χ3n) is 2.63. The van der Waals surface area contributed by atoms with Crippen LogP contribution in [0, 0.1) is 5.82 Å². The Hall–Kier alpha value is -1.17. The molecule has 1 atom stereocenters. The van der Waals surface area contributed by atoms with Crippen molar-refractivity contribution in [3.63, 3.8) is 0 Å². The summed E-state index contributed by atoms with van der Waals surface area (Å²) < 4.78 is 23.7. The van der Waals surface area contributed by atoms with Crippen LogP contribution in [0.3, 0.4) is 0 Å². The molecule has 0 fully saturated rings. The molecule has 1 aromatic rings. The Labute approximate surface area is 101 Å². The monoisotopic (exact) mass is 242 g/mol. The lowest BCUT2D eigenvalue weighted by Gasteiger charge is -2.17. The highest BCUT2D eigenvalue weighted by Crippen LogP contribution is 2.24. The van der Waals surface area contributed by atoms with Crippen LogP contribution in [-0.4, -0.2) is 20.8 Å². The molecule has 0 saturated heterocycles. The van der Waals surface area contributed by atoms with Gasteiger partial charge in [0.2, 0.25) is 0 Å². The number of rotatable bonds is 7. The molecule has 17 heavy (non-hydrogen) atoms. The summed E-state index contributed by atoms with van der Waals surface area (Å²) >= 11 is 0. The minimum atomic E-state index is -0.315. The summed E-state index contributed by atoms with van der Waals surface area (Å²) in [5, 5.41) is 0. The quantitative estimate of drug-likeness (QED) is 0.434. The van der Waals surface area contributed by atoms with E-state index in [0.29, 0.717) is 24.3 Å². The van der Waals surface area contributed by atoms with Crippen LogP contribution < -0.4 is 16.0 Å². The topological polar surface area (TPSA) is 56.5 Å². The lowest BCUT2D eigenvalue weighted by Crippen LogP contribution is -2.29. The van der Waals surface area contributed by atoms with E-state index in [0.717, 1.165) is 6.42 Å². The van der Waals surface area contributed by atoms with Gasteiger partial charge in [-0.3, -0.25) is 11.3 Å². The Morgan fingerprint density at radius 2 is 2.18 bits per heavy atom. The zero-order chi connectivity index (χ0) is 12.7. The van der Waals surface area contributed by atoms with Crippen molar-refractivity contribution in [3.05, 3.63) is 29.6 Å². The van der Waals surface area contributed by atoms with Crippen LogP contribution in [0.4, 0.5) is 4.39 Å². The van der Waals surface area contributed by atoms with Gasteiger partial charge in [0.05, 0.1) is 7.11 Å². The molecule has 1 unspecified atom stereocenters. The van der Waals surface area contributed by atoms with Crippen molar-refractivity contribution in [2.75, 3.05) is 20.8 Å². The van der Waals surface area contributed by atoms with E-state index in [-0.39, 0.29) is 11.9 Å². The Balaban J connectivity index is 2.73. The second-order valence-electron chi connectivity index (χ2n) is 3.74. The summed E-state index contributed by atoms with van der Waals surface area (Å²) in [6, 6.07) is 4.55. The van der Waals surface area contributed by atoms with Crippen LogP contribution in [0.1, 0.15) is 24.4 Å². The molecule has 0 aromatic heterocycles. The number of ether oxygens (including phenoxy) is 2. The van der Waals surface area contributed by atoms with Gasteiger partial charge in [-0.25, -0.2) is 4.39 Å². The fourth-order valence-corrected chi connectivity index (χ4v) is 1.68. The van der Waals surface area contributed by atoms with Gasteiger partial charge in [-0.1, -0.05) is 6.07 Å². The number of nitrogens with one attached hydrogen (secondary N) is 1. The van der Waals surface area contributed by atoms with Gasteiger partial charge in [0, 0.05) is 31.4 Å². The Morgan fingerprint density at radius 3 is 2.71 bits per heavy atom. The number of hydrogen-bond donors (Lipinski definition) is 2. The van der Waals surface area contributed by atoms with Crippen LogP contribution in [0.5, 0.6) is 5.75 Å². The molecule has 1 aromatic carbocycles. The summed E-state index contributed by atoms with van der Waals surface area (Å²) in [5.74, 6) is 5.62. The predicted molar refractivity (Wildman–Crippen MR) is 64.1 cm³/mol. The number of hydrazine groups is 1. The number of nitrogens with two attached hydrogens (primary N) is 1. The fourth-order valence-electron chi connectivity index (χ4n) is 1.68. The molecule has 0 amide bonds. The average Bonchev–Trinajstić information content (AvgIpc) is 2.35. The van der Waals surface area contributed by atoms with Gasteiger partial charge in [0.25, 0.3) is 0 Å². The van der Waals surface area contributed by atoms with Crippen LogP contribution >= 0.6 is 0 Å². The summed E-state index contributed by atoms with van der Waals surface area (Å²) in [7, 11) is 3.14. The largest absolute Gasteiger partial charge is 0.497 e. The first kappa shape index (κ1) is 13.9. The second kappa shape index (κ2) is 7.21. The number of hydrogen-bond acceptors (Lipinski definition) is 4. The highest BCUT2D eigenvalue weighted by Gasteiger charge is 2.14. The Kier molecular flexibility index (Phi) is 5.90. The highest BCUT2D eigenvalue weighted by molar-refractivity contribution is 5.30. The van der Waals surface area contributed by atoms with Gasteiger partial charge in [-0.15, -0.1) is 0 Å². The highest BCUT2D eigenvalue weighted by atomic mass is 19.1. The molecule has 0 bridgehead atoms. The maximum Gasteiger partial charge on any atom is 0.131 e. The van der Waals surface area contributed by atoms with E-state index in [1.165, 1.54) is 13.2 Å². The van der Waals surface area contributed by atoms with Gasteiger partial charge >= 0.3 is 0 Å². The molecule has 3 N–H and O–H groups in total. The maximum atomic E-state index is 13.8. The molecular formula is C12H19FN2O2. The van der Waals surface area contributed by atoms with Crippen molar-refractivity contribution in [2.45, 2.75) is 18.9 Å². The van der Waals surface area contributed by atoms with E-state index in [1.54, 1.807) is 19.2 Å². The third kappa shape index (κ3) is 3.96. The van der Waals surface area contributed by atoms with Crippen LogP contribution in [0.15, 0.2) is 18.2 Å². The van der Waals surface area contributed by atoms with Gasteiger partial charge in [0.15, 0.2) is 0 Å². The first-order valence-electron chi connectivity index (χ1n) is 5.51. The number of benzene rings is 1. The van der Waals surface area contributed by atoms with Crippen molar-refractivity contribution < 1.29 is 13.9 Å². The Morgan fingerprint density at radius 1 is 1.41 bits per heavy atom. The SMILES string of the molecule is COCCCC(NN)c1ccc(OC)cc1F. The maximum absolute atomic E-state index is 13.8. The first-order valence-corrected chi connectivity index (χ1v) is 5.51. The predicted octanol–water partition coefficient (Wildman–Crippen LogP) is 1.77. The van der Waals surface area contributed by atoms with Crippen LogP contribution in [-0.2, 0) is 4.74 Å². The van der Waals surface area contributed by atoms with Gasteiger partial charge in [-0.2, -0.15) is 0 Å². The lowest BCUT2D eigenvalue weighted by molar-refractivity contribution is 0.188. The smallest absolute Gasteiger partial charge is 0.131 e. The zero-order valence-electron chi connectivity index (χ0n) is 10.2. The average molecular weight is 242 g/mol. The van der Waals surface area contributed by atoms with Crippen molar-refractivity contribution in [3.8, 4) is 5.75 Å². The summed E-state index contributed by atoms with van der Waals surface area (Å²) in [6.07, 6.45) is 1.53. The van der Waals surface area contributed by atoms with Crippen LogP contribution in [0.2, 0.25) is 0 Å². The van der Waals surface area contributed by atoms with Crippen molar-refractivity contribution in [1.29, 1.82) is 0 Å². The van der Waals surface area contributed by atoms with Gasteiger partial charge in [0.1, 0.15) is 11.6 Å².